The van der Waals surface area contributed by atoms with Gasteiger partial charge in [-0.05, 0) is 33.4 Å². The van der Waals surface area contributed by atoms with Crippen LogP contribution in [0.4, 0.5) is 5.13 Å². The monoisotopic (exact) mass is 281 g/mol. The molecular formula is C14H23N3OS. The van der Waals surface area contributed by atoms with Gasteiger partial charge in [0.2, 0.25) is 0 Å². The summed E-state index contributed by atoms with van der Waals surface area (Å²) in [5, 5.41) is 1.02. The number of Topliss-reactive ketones (excluding diaryl/α,β-unsaturated/α-hetero) is 1. The molecule has 1 aliphatic rings. The van der Waals surface area contributed by atoms with E-state index in [1.165, 1.54) is 0 Å². The van der Waals surface area contributed by atoms with Crippen LogP contribution < -0.4 is 4.90 Å². The summed E-state index contributed by atoms with van der Waals surface area (Å²) in [5.74, 6) is 0.126. The van der Waals surface area contributed by atoms with Gasteiger partial charge in [0.25, 0.3) is 0 Å². The standard InChI is InChI=1S/C14H23N3OS/c1-5-12-9-16(4)7-6-8-17(12)14-15-10(2)13(19-14)11(3)18/h12H,5-9H2,1-4H3. The zero-order valence-electron chi connectivity index (χ0n) is 12.3. The Hall–Kier alpha value is -0.940. The number of carbonyl (C=O) groups is 1. The van der Waals surface area contributed by atoms with E-state index in [4.69, 9.17) is 0 Å². The highest BCUT2D eigenvalue weighted by molar-refractivity contribution is 7.17. The Morgan fingerprint density at radius 2 is 2.21 bits per heavy atom. The molecule has 0 N–H and O–H groups in total. The third-order valence-electron chi connectivity index (χ3n) is 3.72. The molecule has 0 bridgehead atoms. The van der Waals surface area contributed by atoms with Gasteiger partial charge in [0.15, 0.2) is 10.9 Å². The van der Waals surface area contributed by atoms with Crippen LogP contribution >= 0.6 is 11.3 Å². The molecule has 0 spiro atoms. The molecule has 1 aliphatic heterocycles. The van der Waals surface area contributed by atoms with Crippen molar-refractivity contribution in [2.45, 2.75) is 39.7 Å². The highest BCUT2D eigenvalue weighted by Gasteiger charge is 2.25. The van der Waals surface area contributed by atoms with Crippen LogP contribution in [0.1, 0.15) is 42.1 Å². The molecule has 0 radical (unpaired) electrons. The maximum Gasteiger partial charge on any atom is 0.186 e. The number of hydrogen-bond acceptors (Lipinski definition) is 5. The third-order valence-corrected chi connectivity index (χ3v) is 5.02. The lowest BCUT2D eigenvalue weighted by molar-refractivity contribution is 0.102. The Bertz CT molecular complexity index is 458. The van der Waals surface area contributed by atoms with Crippen molar-refractivity contribution in [3.63, 3.8) is 0 Å². The summed E-state index contributed by atoms with van der Waals surface area (Å²) in [6.07, 6.45) is 2.26. The van der Waals surface area contributed by atoms with E-state index in [0.29, 0.717) is 6.04 Å². The first-order chi connectivity index (χ1) is 9.02. The van der Waals surface area contributed by atoms with Gasteiger partial charge in [-0.1, -0.05) is 18.3 Å². The zero-order valence-corrected chi connectivity index (χ0v) is 13.1. The van der Waals surface area contributed by atoms with Crippen LogP contribution in [0.5, 0.6) is 0 Å². The van der Waals surface area contributed by atoms with Gasteiger partial charge in [0.05, 0.1) is 10.6 Å². The number of aryl methyl sites for hydroxylation is 1. The van der Waals surface area contributed by atoms with Crippen molar-refractivity contribution >= 4 is 22.3 Å². The molecule has 0 saturated carbocycles. The van der Waals surface area contributed by atoms with Gasteiger partial charge in [0, 0.05) is 26.1 Å². The van der Waals surface area contributed by atoms with Crippen LogP contribution in [-0.2, 0) is 0 Å². The van der Waals surface area contributed by atoms with Crippen molar-refractivity contribution < 1.29 is 4.79 Å². The van der Waals surface area contributed by atoms with E-state index in [1.807, 2.05) is 6.92 Å². The van der Waals surface area contributed by atoms with Crippen LogP contribution in [0.25, 0.3) is 0 Å². The quantitative estimate of drug-likeness (QED) is 0.798. The smallest absolute Gasteiger partial charge is 0.186 e. The minimum atomic E-state index is 0.126. The summed E-state index contributed by atoms with van der Waals surface area (Å²) < 4.78 is 0. The molecule has 0 amide bonds. The molecule has 19 heavy (non-hydrogen) atoms. The summed E-state index contributed by atoms with van der Waals surface area (Å²) in [6, 6.07) is 0.498. The lowest BCUT2D eigenvalue weighted by Crippen LogP contribution is -2.39. The Labute approximate surface area is 119 Å². The highest BCUT2D eigenvalue weighted by Crippen LogP contribution is 2.29. The lowest BCUT2D eigenvalue weighted by atomic mass is 10.2. The number of rotatable bonds is 3. The summed E-state index contributed by atoms with van der Waals surface area (Å²) in [4.78, 5) is 21.8. The summed E-state index contributed by atoms with van der Waals surface area (Å²) in [6.45, 7) is 9.03. The first-order valence-corrected chi connectivity index (χ1v) is 7.78. The van der Waals surface area contributed by atoms with Crippen LogP contribution in [0, 0.1) is 6.92 Å². The second-order valence-corrected chi connectivity index (χ2v) is 6.32. The van der Waals surface area contributed by atoms with Gasteiger partial charge in [0.1, 0.15) is 0 Å². The van der Waals surface area contributed by atoms with Crippen LogP contribution in [-0.4, -0.2) is 48.4 Å². The Morgan fingerprint density at radius 3 is 2.79 bits per heavy atom. The Kier molecular flexibility index (Phi) is 4.58. The van der Waals surface area contributed by atoms with Crippen molar-refractivity contribution in [1.29, 1.82) is 0 Å². The molecule has 1 fully saturated rings. The molecule has 1 aromatic rings. The van der Waals surface area contributed by atoms with Crippen molar-refractivity contribution in [2.24, 2.45) is 0 Å². The van der Waals surface area contributed by atoms with Gasteiger partial charge < -0.3 is 9.80 Å². The van der Waals surface area contributed by atoms with Crippen LogP contribution in [0.2, 0.25) is 0 Å². The molecule has 1 aromatic heterocycles. The Morgan fingerprint density at radius 1 is 1.47 bits per heavy atom. The predicted octanol–water partition coefficient (Wildman–Crippen LogP) is 2.57. The lowest BCUT2D eigenvalue weighted by Gasteiger charge is -2.29. The number of thiazole rings is 1. The second kappa shape index (κ2) is 6.01. The molecule has 5 heteroatoms. The Balaban J connectivity index is 2.27. The van der Waals surface area contributed by atoms with E-state index >= 15 is 0 Å². The molecule has 0 aliphatic carbocycles. The number of aromatic nitrogens is 1. The molecule has 1 unspecified atom stereocenters. The number of ketones is 1. The molecule has 2 heterocycles. The summed E-state index contributed by atoms with van der Waals surface area (Å²) in [7, 11) is 2.18. The average molecular weight is 281 g/mol. The van der Waals surface area contributed by atoms with Gasteiger partial charge >= 0.3 is 0 Å². The van der Waals surface area contributed by atoms with Gasteiger partial charge in [-0.25, -0.2) is 4.98 Å². The predicted molar refractivity (Wildman–Crippen MR) is 80.4 cm³/mol. The minimum absolute atomic E-state index is 0.126. The normalized spacial score (nSPS) is 21.5. The number of hydrogen-bond donors (Lipinski definition) is 0. The van der Waals surface area contributed by atoms with Crippen LogP contribution in [0.15, 0.2) is 0 Å². The number of nitrogens with zero attached hydrogens (tertiary/aromatic N) is 3. The van der Waals surface area contributed by atoms with Crippen LogP contribution in [0.3, 0.4) is 0 Å². The summed E-state index contributed by atoms with van der Waals surface area (Å²) >= 11 is 1.55. The van der Waals surface area contributed by atoms with E-state index in [-0.39, 0.29) is 5.78 Å². The van der Waals surface area contributed by atoms with Crippen molar-refractivity contribution in [3.8, 4) is 0 Å². The van der Waals surface area contributed by atoms with Crippen molar-refractivity contribution in [2.75, 3.05) is 31.6 Å². The molecule has 1 atom stereocenters. The third kappa shape index (κ3) is 3.15. The topological polar surface area (TPSA) is 36.4 Å². The average Bonchev–Trinajstić information content (AvgIpc) is 2.63. The van der Waals surface area contributed by atoms with E-state index < -0.39 is 0 Å². The fourth-order valence-corrected chi connectivity index (χ4v) is 3.74. The highest BCUT2D eigenvalue weighted by atomic mass is 32.1. The largest absolute Gasteiger partial charge is 0.344 e. The van der Waals surface area contributed by atoms with Crippen molar-refractivity contribution in [3.05, 3.63) is 10.6 Å². The maximum atomic E-state index is 11.6. The van der Waals surface area contributed by atoms with Gasteiger partial charge in [-0.3, -0.25) is 4.79 Å². The fraction of sp³-hybridized carbons (Fsp3) is 0.714. The SMILES string of the molecule is CCC1CN(C)CCCN1c1nc(C)c(C(C)=O)s1. The molecule has 4 nitrogen and oxygen atoms in total. The second-order valence-electron chi connectivity index (χ2n) is 5.34. The van der Waals surface area contributed by atoms with Gasteiger partial charge in [-0.15, -0.1) is 0 Å². The number of likely N-dealkylation sites (N-methyl/N-ethyl adjacent to an activating group) is 1. The first-order valence-electron chi connectivity index (χ1n) is 6.96. The van der Waals surface area contributed by atoms with E-state index in [0.717, 1.165) is 48.2 Å². The van der Waals surface area contributed by atoms with E-state index in [2.05, 4.69) is 28.8 Å². The van der Waals surface area contributed by atoms with E-state index in [1.54, 1.807) is 18.3 Å². The molecule has 2 rings (SSSR count). The molecule has 1 saturated heterocycles. The van der Waals surface area contributed by atoms with Crippen molar-refractivity contribution in [1.82, 2.24) is 9.88 Å². The van der Waals surface area contributed by atoms with E-state index in [9.17, 15) is 4.79 Å². The maximum absolute atomic E-state index is 11.6. The first kappa shape index (κ1) is 14.5. The number of anilines is 1. The summed E-state index contributed by atoms with van der Waals surface area (Å²) in [5.41, 5.74) is 0.875. The molecule has 0 aromatic carbocycles. The molecule has 106 valence electrons. The molecular weight excluding hydrogens is 258 g/mol. The number of carbonyl (C=O) groups excluding carboxylic acids is 1. The zero-order chi connectivity index (χ0) is 14.0. The van der Waals surface area contributed by atoms with Gasteiger partial charge in [-0.2, -0.15) is 0 Å². The fourth-order valence-electron chi connectivity index (χ4n) is 2.68. The minimum Gasteiger partial charge on any atom is -0.344 e.